The van der Waals surface area contributed by atoms with Crippen LogP contribution in [0.15, 0.2) is 43.1 Å². The Labute approximate surface area is 241 Å². The summed E-state index contributed by atoms with van der Waals surface area (Å²) in [6.07, 6.45) is 6.58. The maximum Gasteiger partial charge on any atom is 0.433 e. The number of rotatable bonds is 9. The van der Waals surface area contributed by atoms with Gasteiger partial charge in [-0.25, -0.2) is 15.0 Å². The average molecular weight is 579 g/mol. The normalized spacial score (nSPS) is 21.7. The summed E-state index contributed by atoms with van der Waals surface area (Å²) >= 11 is 0. The van der Waals surface area contributed by atoms with Crippen LogP contribution in [0.3, 0.4) is 0 Å². The van der Waals surface area contributed by atoms with Crippen LogP contribution in [-0.4, -0.2) is 66.8 Å². The molecule has 3 unspecified atom stereocenters. The number of H-pyrrole nitrogens is 1. The quantitative estimate of drug-likeness (QED) is 0.260. The highest BCUT2D eigenvalue weighted by molar-refractivity contribution is 5.89. The molecule has 10 nitrogen and oxygen atoms in total. The first kappa shape index (κ1) is 28.1. The highest BCUT2D eigenvalue weighted by atomic mass is 19.4. The minimum absolute atomic E-state index is 0.0416. The molecule has 42 heavy (non-hydrogen) atoms. The third kappa shape index (κ3) is 5.69. The molecule has 0 radical (unpaired) electrons. The van der Waals surface area contributed by atoms with E-state index in [-0.39, 0.29) is 23.8 Å². The third-order valence-corrected chi connectivity index (χ3v) is 8.54. The molecule has 1 aliphatic carbocycles. The van der Waals surface area contributed by atoms with E-state index in [9.17, 15) is 18.4 Å². The van der Waals surface area contributed by atoms with Crippen molar-refractivity contribution in [3.63, 3.8) is 0 Å². The van der Waals surface area contributed by atoms with E-state index < -0.39 is 11.9 Å². The molecule has 1 saturated heterocycles. The Balaban J connectivity index is 1.10. The number of alkyl halides is 3. The van der Waals surface area contributed by atoms with Gasteiger partial charge in [-0.15, -0.1) is 0 Å². The first-order valence-corrected chi connectivity index (χ1v) is 14.3. The number of hydrogen-bond donors (Lipinski definition) is 3. The van der Waals surface area contributed by atoms with Gasteiger partial charge in [-0.05, 0) is 62.4 Å². The Kier molecular flexibility index (Phi) is 7.83. The van der Waals surface area contributed by atoms with Crippen LogP contribution in [-0.2, 0) is 12.7 Å². The van der Waals surface area contributed by atoms with Crippen molar-refractivity contribution in [1.82, 2.24) is 39.9 Å². The van der Waals surface area contributed by atoms with E-state index in [1.807, 2.05) is 29.3 Å². The predicted octanol–water partition coefficient (Wildman–Crippen LogP) is 4.76. The van der Waals surface area contributed by atoms with Crippen molar-refractivity contribution in [2.24, 2.45) is 5.92 Å². The van der Waals surface area contributed by atoms with Gasteiger partial charge in [0.1, 0.15) is 23.5 Å². The van der Waals surface area contributed by atoms with E-state index in [0.29, 0.717) is 24.6 Å². The number of likely N-dealkylation sites (tertiary alicyclic amines) is 1. The number of piperidine rings is 1. The lowest BCUT2D eigenvalue weighted by molar-refractivity contribution is -0.141. The molecule has 5 heterocycles. The largest absolute Gasteiger partial charge is 0.433 e. The van der Waals surface area contributed by atoms with Crippen LogP contribution in [0.25, 0.3) is 22.3 Å². The van der Waals surface area contributed by atoms with Crippen molar-refractivity contribution in [2.75, 3.05) is 25.5 Å². The number of hydrogen-bond acceptors (Lipinski definition) is 8. The Morgan fingerprint density at radius 2 is 2.00 bits per heavy atom. The second-order valence-corrected chi connectivity index (χ2v) is 11.1. The van der Waals surface area contributed by atoms with E-state index in [4.69, 9.17) is 5.10 Å². The summed E-state index contributed by atoms with van der Waals surface area (Å²) in [6.45, 7) is 1.99. The summed E-state index contributed by atoms with van der Waals surface area (Å²) < 4.78 is 42.3. The van der Waals surface area contributed by atoms with Crippen LogP contribution in [0.4, 0.5) is 19.0 Å². The van der Waals surface area contributed by atoms with Gasteiger partial charge in [-0.3, -0.25) is 9.58 Å². The number of fused-ring (bicyclic) bond motifs is 1. The number of nitriles is 1. The van der Waals surface area contributed by atoms with Crippen LogP contribution < -0.4 is 10.6 Å². The Morgan fingerprint density at radius 3 is 2.76 bits per heavy atom. The molecule has 0 bridgehead atoms. The van der Waals surface area contributed by atoms with E-state index in [0.717, 1.165) is 67.1 Å². The number of aromatic amines is 1. The standard InChI is InChI=1S/C29H33F3N10/c1-34-14-18-11-25(29(30,31)32)40-26(12-18)39-20-5-9-41(10-6-20)23-13-24(21(23)3-2-7-33)42-16-19(15-38-42)27-22-4-8-35-28(22)37-17-36-27/h4,8,11-12,15-17,20-21,23-24,34H,2-3,5-6,9-10,13-14H2,1H3,(H,39,40)(H,35,36,37). The van der Waals surface area contributed by atoms with E-state index in [2.05, 4.69) is 41.5 Å². The van der Waals surface area contributed by atoms with Crippen molar-refractivity contribution in [3.8, 4) is 17.3 Å². The molecule has 3 N–H and O–H groups in total. The van der Waals surface area contributed by atoms with Gasteiger partial charge < -0.3 is 15.6 Å². The van der Waals surface area contributed by atoms with Crippen LogP contribution in [0.2, 0.25) is 0 Å². The maximum atomic E-state index is 13.4. The molecule has 0 spiro atoms. The zero-order chi connectivity index (χ0) is 29.3. The molecule has 4 aromatic rings. The number of halogens is 3. The van der Waals surface area contributed by atoms with Gasteiger partial charge >= 0.3 is 6.18 Å². The Hall–Kier alpha value is -4.02. The van der Waals surface area contributed by atoms with E-state index >= 15 is 0 Å². The molecule has 13 heteroatoms. The van der Waals surface area contributed by atoms with Gasteiger partial charge in [-0.2, -0.15) is 23.5 Å². The fraction of sp³-hybridized carbons (Fsp3) is 0.483. The van der Waals surface area contributed by atoms with Gasteiger partial charge in [0.25, 0.3) is 0 Å². The van der Waals surface area contributed by atoms with E-state index in [1.54, 1.807) is 19.4 Å². The second kappa shape index (κ2) is 11.7. The monoisotopic (exact) mass is 578 g/mol. The molecule has 3 atom stereocenters. The Morgan fingerprint density at radius 1 is 1.17 bits per heavy atom. The first-order valence-electron chi connectivity index (χ1n) is 14.3. The molecule has 1 aliphatic heterocycles. The molecule has 2 aliphatic rings. The van der Waals surface area contributed by atoms with Gasteiger partial charge in [0, 0.05) is 61.5 Å². The molecule has 4 aromatic heterocycles. The molecule has 0 aromatic carbocycles. The van der Waals surface area contributed by atoms with Gasteiger partial charge in [0.05, 0.1) is 24.0 Å². The van der Waals surface area contributed by atoms with Crippen molar-refractivity contribution in [3.05, 3.63) is 54.4 Å². The summed E-state index contributed by atoms with van der Waals surface area (Å²) in [6, 6.07) is 7.61. The van der Waals surface area contributed by atoms with Gasteiger partial charge in [0.15, 0.2) is 0 Å². The number of pyridine rings is 1. The minimum atomic E-state index is -4.50. The lowest BCUT2D eigenvalue weighted by Gasteiger charge is -2.51. The molecule has 6 rings (SSSR count). The molecule has 2 fully saturated rings. The lowest BCUT2D eigenvalue weighted by atomic mass is 9.70. The predicted molar refractivity (Wildman–Crippen MR) is 151 cm³/mol. The molecule has 0 amide bonds. The fourth-order valence-corrected chi connectivity index (χ4v) is 6.44. The number of aromatic nitrogens is 6. The summed E-state index contributed by atoms with van der Waals surface area (Å²) in [5, 5.41) is 21.1. The lowest BCUT2D eigenvalue weighted by Crippen LogP contribution is -2.56. The maximum absolute atomic E-state index is 13.4. The minimum Gasteiger partial charge on any atom is -0.367 e. The summed E-state index contributed by atoms with van der Waals surface area (Å²) in [5.74, 6) is 0.549. The zero-order valence-corrected chi connectivity index (χ0v) is 23.3. The molecule has 1 saturated carbocycles. The second-order valence-electron chi connectivity index (χ2n) is 11.1. The highest BCUT2D eigenvalue weighted by Gasteiger charge is 2.46. The number of anilines is 1. The smallest absolute Gasteiger partial charge is 0.367 e. The first-order chi connectivity index (χ1) is 20.3. The van der Waals surface area contributed by atoms with Crippen molar-refractivity contribution in [2.45, 2.75) is 63.0 Å². The van der Waals surface area contributed by atoms with Crippen LogP contribution in [0, 0.1) is 17.2 Å². The van der Waals surface area contributed by atoms with Crippen LogP contribution in [0.5, 0.6) is 0 Å². The van der Waals surface area contributed by atoms with Crippen LogP contribution >= 0.6 is 0 Å². The molecule has 220 valence electrons. The summed E-state index contributed by atoms with van der Waals surface area (Å²) in [7, 11) is 1.70. The topological polar surface area (TPSA) is 123 Å². The SMILES string of the molecule is CNCc1cc(NC2CCN(C3CC(n4cc(-c5ncnc6[nH]ccc56)cn4)C3CCC#N)CC2)nc(C(F)(F)F)c1. The zero-order valence-electron chi connectivity index (χ0n) is 23.3. The highest BCUT2D eigenvalue weighted by Crippen LogP contribution is 2.45. The Bertz CT molecular complexity index is 1560. The van der Waals surface area contributed by atoms with Gasteiger partial charge in [-0.1, -0.05) is 0 Å². The molecular formula is C29H33F3N10. The summed E-state index contributed by atoms with van der Waals surface area (Å²) in [5.41, 5.74) is 2.20. The van der Waals surface area contributed by atoms with Crippen molar-refractivity contribution < 1.29 is 13.2 Å². The number of nitrogens with zero attached hydrogens (tertiary/aromatic N) is 7. The van der Waals surface area contributed by atoms with Gasteiger partial charge in [0.2, 0.25) is 0 Å². The van der Waals surface area contributed by atoms with Crippen molar-refractivity contribution >= 4 is 16.9 Å². The molecular weight excluding hydrogens is 545 g/mol. The van der Waals surface area contributed by atoms with E-state index in [1.165, 1.54) is 0 Å². The average Bonchev–Trinajstić information content (AvgIpc) is 3.63. The fourth-order valence-electron chi connectivity index (χ4n) is 6.44. The summed E-state index contributed by atoms with van der Waals surface area (Å²) in [4.78, 5) is 18.2. The van der Waals surface area contributed by atoms with Crippen LogP contribution in [0.1, 0.15) is 49.4 Å². The van der Waals surface area contributed by atoms with Crippen molar-refractivity contribution in [1.29, 1.82) is 5.26 Å². The third-order valence-electron chi connectivity index (χ3n) is 8.54. The number of nitrogens with one attached hydrogen (secondary N) is 3.